The summed E-state index contributed by atoms with van der Waals surface area (Å²) in [5.74, 6) is -0.919. The Hall–Kier alpha value is -3.43. The van der Waals surface area contributed by atoms with E-state index in [0.29, 0.717) is 15.6 Å². The zero-order valence-corrected chi connectivity index (χ0v) is 26.9. The van der Waals surface area contributed by atoms with E-state index in [9.17, 15) is 18.0 Å². The molecule has 0 bridgehead atoms. The van der Waals surface area contributed by atoms with E-state index in [-0.39, 0.29) is 23.8 Å². The first-order valence-electron chi connectivity index (χ1n) is 13.8. The molecule has 0 heterocycles. The molecule has 2 amide bonds. The molecule has 0 aromatic heterocycles. The summed E-state index contributed by atoms with van der Waals surface area (Å²) in [5.41, 5.74) is 0.837. The van der Waals surface area contributed by atoms with Crippen LogP contribution in [0.4, 0.5) is 0 Å². The molecule has 43 heavy (non-hydrogen) atoms. The van der Waals surface area contributed by atoms with Gasteiger partial charge < -0.3 is 10.2 Å². The van der Waals surface area contributed by atoms with Crippen molar-refractivity contribution >= 4 is 55.8 Å². The van der Waals surface area contributed by atoms with Gasteiger partial charge >= 0.3 is 0 Å². The second-order valence-electron chi connectivity index (χ2n) is 11.5. The van der Waals surface area contributed by atoms with Gasteiger partial charge in [-0.3, -0.25) is 9.59 Å². The van der Waals surface area contributed by atoms with E-state index in [1.165, 1.54) is 18.0 Å². The molecule has 1 N–H and O–H groups in total. The van der Waals surface area contributed by atoms with Gasteiger partial charge in [0.05, 0.1) is 11.4 Å². The average Bonchev–Trinajstić information content (AvgIpc) is 2.95. The molecule has 0 radical (unpaired) electrons. The quantitative estimate of drug-likeness (QED) is 0.220. The Morgan fingerprint density at radius 3 is 2.16 bits per heavy atom. The van der Waals surface area contributed by atoms with Crippen LogP contribution in [0.25, 0.3) is 10.8 Å². The Kier molecular flexibility index (Phi) is 10.2. The highest BCUT2D eigenvalue weighted by atomic mass is 35.5. The Morgan fingerprint density at radius 2 is 1.51 bits per heavy atom. The lowest BCUT2D eigenvalue weighted by Crippen LogP contribution is -2.56. The molecule has 7 nitrogen and oxygen atoms in total. The van der Waals surface area contributed by atoms with Crippen molar-refractivity contribution in [2.45, 2.75) is 50.2 Å². The van der Waals surface area contributed by atoms with Crippen molar-refractivity contribution in [3.8, 4) is 0 Å². The van der Waals surface area contributed by atoms with E-state index < -0.39 is 34.1 Å². The van der Waals surface area contributed by atoms with E-state index in [1.54, 1.807) is 30.3 Å². The molecule has 0 fully saturated rings. The highest BCUT2D eigenvalue weighted by Crippen LogP contribution is 2.26. The summed E-state index contributed by atoms with van der Waals surface area (Å²) < 4.78 is 28.2. The van der Waals surface area contributed by atoms with E-state index in [1.807, 2.05) is 75.4 Å². The Balaban J connectivity index is 1.71. The molecule has 0 aliphatic rings. The van der Waals surface area contributed by atoms with Crippen LogP contribution in [0.15, 0.2) is 95.9 Å². The highest BCUT2D eigenvalue weighted by Gasteiger charge is 2.34. The number of likely N-dealkylation sites (N-methyl/N-ethyl adjacent to an activating group) is 1. The SMILES string of the molecule is CN(CC(=O)N(Cc1ccc(Cl)cc1Cl)[C@H](Cc1ccccc1)C(=O)NC(C)(C)C)S(=O)(=O)c1ccc2ccccc2c1. The molecular weight excluding hydrogens is 605 g/mol. The number of rotatable bonds is 10. The van der Waals surface area contributed by atoms with Gasteiger partial charge in [0, 0.05) is 35.6 Å². The van der Waals surface area contributed by atoms with Crippen LogP contribution >= 0.6 is 23.2 Å². The fourth-order valence-corrected chi connectivity index (χ4v) is 6.34. The molecule has 0 aliphatic heterocycles. The van der Waals surface area contributed by atoms with Gasteiger partial charge in [0.2, 0.25) is 21.8 Å². The molecule has 4 aromatic rings. The van der Waals surface area contributed by atoms with Crippen molar-refractivity contribution in [3.05, 3.63) is 112 Å². The molecule has 10 heteroatoms. The summed E-state index contributed by atoms with van der Waals surface area (Å²) in [6.07, 6.45) is 0.209. The number of amides is 2. The molecule has 4 aromatic carbocycles. The van der Waals surface area contributed by atoms with Crippen LogP contribution in [0.2, 0.25) is 10.0 Å². The van der Waals surface area contributed by atoms with Crippen molar-refractivity contribution in [2.75, 3.05) is 13.6 Å². The Bertz CT molecular complexity index is 1720. The van der Waals surface area contributed by atoms with Crippen molar-refractivity contribution in [1.29, 1.82) is 0 Å². The zero-order chi connectivity index (χ0) is 31.4. The monoisotopic (exact) mass is 639 g/mol. The molecule has 4 rings (SSSR count). The fraction of sp³-hybridized carbons (Fsp3) is 0.273. The second-order valence-corrected chi connectivity index (χ2v) is 14.4. The first-order valence-corrected chi connectivity index (χ1v) is 16.0. The molecule has 1 atom stereocenters. The average molecular weight is 641 g/mol. The maximum atomic E-state index is 14.1. The molecule has 226 valence electrons. The number of nitrogens with one attached hydrogen (secondary N) is 1. The van der Waals surface area contributed by atoms with Gasteiger partial charge in [0.1, 0.15) is 6.04 Å². The molecular formula is C33H35Cl2N3O4S. The topological polar surface area (TPSA) is 86.8 Å². The van der Waals surface area contributed by atoms with Gasteiger partial charge in [-0.25, -0.2) is 8.42 Å². The summed E-state index contributed by atoms with van der Waals surface area (Å²) in [6.45, 7) is 5.05. The van der Waals surface area contributed by atoms with Gasteiger partial charge in [-0.15, -0.1) is 0 Å². The first kappa shape index (κ1) is 32.5. The smallest absolute Gasteiger partial charge is 0.243 e. The molecule has 0 saturated heterocycles. The van der Waals surface area contributed by atoms with Gasteiger partial charge in [0.15, 0.2) is 0 Å². The van der Waals surface area contributed by atoms with Crippen LogP contribution in [0, 0.1) is 0 Å². The summed E-state index contributed by atoms with van der Waals surface area (Å²) >= 11 is 12.6. The summed E-state index contributed by atoms with van der Waals surface area (Å²) in [7, 11) is -2.68. The Labute approximate surface area is 263 Å². The number of fused-ring (bicyclic) bond motifs is 1. The molecule has 0 saturated carbocycles. The van der Waals surface area contributed by atoms with E-state index >= 15 is 0 Å². The predicted molar refractivity (Wildman–Crippen MR) is 173 cm³/mol. The minimum Gasteiger partial charge on any atom is -0.350 e. The number of halogens is 2. The van der Waals surface area contributed by atoms with Crippen LogP contribution in [0.1, 0.15) is 31.9 Å². The maximum Gasteiger partial charge on any atom is 0.243 e. The molecule has 0 spiro atoms. The van der Waals surface area contributed by atoms with Crippen LogP contribution in [0.3, 0.4) is 0 Å². The third-order valence-electron chi connectivity index (χ3n) is 6.91. The third kappa shape index (κ3) is 8.36. The Morgan fingerprint density at radius 1 is 0.860 bits per heavy atom. The van der Waals surface area contributed by atoms with Crippen molar-refractivity contribution in [3.63, 3.8) is 0 Å². The third-order valence-corrected chi connectivity index (χ3v) is 9.30. The number of carbonyl (C=O) groups excluding carboxylic acids is 2. The van der Waals surface area contributed by atoms with Gasteiger partial charge in [0.25, 0.3) is 0 Å². The molecule has 0 unspecified atom stereocenters. The highest BCUT2D eigenvalue weighted by molar-refractivity contribution is 7.89. The molecule has 0 aliphatic carbocycles. The van der Waals surface area contributed by atoms with Crippen LogP contribution in [-0.2, 0) is 32.6 Å². The summed E-state index contributed by atoms with van der Waals surface area (Å²) in [6, 6.07) is 25.6. The normalized spacial score (nSPS) is 12.7. The predicted octanol–water partition coefficient (Wildman–Crippen LogP) is 6.32. The number of hydrogen-bond donors (Lipinski definition) is 1. The maximum absolute atomic E-state index is 14.1. The van der Waals surface area contributed by atoms with Crippen molar-refractivity contribution < 1.29 is 18.0 Å². The van der Waals surface area contributed by atoms with E-state index in [2.05, 4.69) is 5.32 Å². The number of benzene rings is 4. The van der Waals surface area contributed by atoms with Gasteiger partial charge in [-0.05, 0) is 66.9 Å². The first-order chi connectivity index (χ1) is 20.2. The van der Waals surface area contributed by atoms with Crippen LogP contribution in [0.5, 0.6) is 0 Å². The van der Waals surface area contributed by atoms with E-state index in [4.69, 9.17) is 23.2 Å². The van der Waals surface area contributed by atoms with E-state index in [0.717, 1.165) is 20.6 Å². The number of sulfonamides is 1. The minimum absolute atomic E-state index is 0.0340. The summed E-state index contributed by atoms with van der Waals surface area (Å²) in [4.78, 5) is 29.3. The largest absolute Gasteiger partial charge is 0.350 e. The standard InChI is InChI=1S/C33H35Cl2N3O4S/c1-33(2,3)36-32(40)30(18-23-10-6-5-7-11-23)38(21-26-14-16-27(34)20-29(26)35)31(39)22-37(4)43(41,42)28-17-15-24-12-8-9-13-25(24)19-28/h5-17,19-20,30H,18,21-22H2,1-4H3,(H,36,40)/t30-/m1/s1. The van der Waals surface area contributed by atoms with Gasteiger partial charge in [-0.2, -0.15) is 4.31 Å². The number of carbonyl (C=O) groups is 2. The van der Waals surface area contributed by atoms with Crippen LogP contribution < -0.4 is 5.32 Å². The van der Waals surface area contributed by atoms with Crippen LogP contribution in [-0.4, -0.2) is 54.6 Å². The fourth-order valence-electron chi connectivity index (χ4n) is 4.71. The lowest BCUT2D eigenvalue weighted by molar-refractivity contribution is -0.141. The number of nitrogens with zero attached hydrogens (tertiary/aromatic N) is 2. The number of hydrogen-bond acceptors (Lipinski definition) is 4. The van der Waals surface area contributed by atoms with Gasteiger partial charge in [-0.1, -0.05) is 89.9 Å². The summed E-state index contributed by atoms with van der Waals surface area (Å²) in [5, 5.41) is 5.42. The second kappa shape index (κ2) is 13.5. The van der Waals surface area contributed by atoms with Crippen molar-refractivity contribution in [2.24, 2.45) is 0 Å². The van der Waals surface area contributed by atoms with Crippen molar-refractivity contribution in [1.82, 2.24) is 14.5 Å². The lowest BCUT2D eigenvalue weighted by atomic mass is 10.0. The lowest BCUT2D eigenvalue weighted by Gasteiger charge is -2.34. The minimum atomic E-state index is -4.04. The zero-order valence-electron chi connectivity index (χ0n) is 24.6.